The monoisotopic (exact) mass is 263 g/mol. The molecule has 100 valence electrons. The number of ether oxygens (including phenoxy) is 1. The van der Waals surface area contributed by atoms with Crippen LogP contribution in [0.25, 0.3) is 11.0 Å². The number of aromatic nitrogens is 2. The van der Waals surface area contributed by atoms with Crippen LogP contribution in [0.5, 0.6) is 0 Å². The minimum Gasteiger partial charge on any atom is -0.480 e. The topological polar surface area (TPSA) is 104 Å². The molecule has 2 aromatic rings. The van der Waals surface area contributed by atoms with Gasteiger partial charge in [0, 0.05) is 12.1 Å². The van der Waals surface area contributed by atoms with Crippen LogP contribution < -0.4 is 5.32 Å². The van der Waals surface area contributed by atoms with Crippen LogP contribution in [0, 0.1) is 0 Å². The summed E-state index contributed by atoms with van der Waals surface area (Å²) in [6.07, 6.45) is 1.56. The summed E-state index contributed by atoms with van der Waals surface area (Å²) in [4.78, 5) is 29.0. The zero-order valence-electron chi connectivity index (χ0n) is 10.0. The predicted octanol–water partition coefficient (Wildman–Crippen LogP) is 0.394. The van der Waals surface area contributed by atoms with Gasteiger partial charge in [-0.05, 0) is 18.2 Å². The van der Waals surface area contributed by atoms with Gasteiger partial charge in [-0.2, -0.15) is 0 Å². The summed E-state index contributed by atoms with van der Waals surface area (Å²) in [6.45, 7) is 0.0491. The van der Waals surface area contributed by atoms with Gasteiger partial charge < -0.3 is 20.1 Å². The number of H-pyrrole nitrogens is 1. The van der Waals surface area contributed by atoms with Crippen molar-refractivity contribution in [1.82, 2.24) is 15.3 Å². The van der Waals surface area contributed by atoms with E-state index in [2.05, 4.69) is 15.3 Å². The van der Waals surface area contributed by atoms with Crippen molar-refractivity contribution in [3.8, 4) is 0 Å². The van der Waals surface area contributed by atoms with Crippen LogP contribution in [0.1, 0.15) is 10.4 Å². The number of carboxylic acid groups (broad SMARTS) is 1. The molecule has 7 heteroatoms. The molecule has 1 aromatic carbocycles. The lowest BCUT2D eigenvalue weighted by atomic mass is 10.2. The number of aliphatic carboxylic acids is 1. The number of nitrogens with one attached hydrogen (secondary N) is 2. The fraction of sp³-hybridized carbons (Fsp3) is 0.250. The third-order valence-corrected chi connectivity index (χ3v) is 2.44. The maximum atomic E-state index is 11.8. The summed E-state index contributed by atoms with van der Waals surface area (Å²) in [5.41, 5.74) is 2.09. The standard InChI is InChI=1S/C12H13N3O4/c16-11(17)6-19-4-3-13-12(18)8-1-2-9-10(5-8)15-7-14-9/h1-2,5,7H,3-4,6H2,(H,13,18)(H,14,15)(H,16,17). The minimum atomic E-state index is -1.03. The Morgan fingerprint density at radius 2 is 2.26 bits per heavy atom. The second-order valence-corrected chi connectivity index (χ2v) is 3.84. The molecule has 0 fully saturated rings. The van der Waals surface area contributed by atoms with Gasteiger partial charge in [0.1, 0.15) is 6.61 Å². The van der Waals surface area contributed by atoms with Gasteiger partial charge >= 0.3 is 5.97 Å². The molecule has 0 aliphatic rings. The highest BCUT2D eigenvalue weighted by Gasteiger charge is 2.06. The van der Waals surface area contributed by atoms with E-state index >= 15 is 0 Å². The zero-order chi connectivity index (χ0) is 13.7. The van der Waals surface area contributed by atoms with Crippen LogP contribution >= 0.6 is 0 Å². The number of fused-ring (bicyclic) bond motifs is 1. The van der Waals surface area contributed by atoms with E-state index in [1.807, 2.05) is 0 Å². The summed E-state index contributed by atoms with van der Waals surface area (Å²) >= 11 is 0. The van der Waals surface area contributed by atoms with Crippen molar-refractivity contribution in [1.29, 1.82) is 0 Å². The fourth-order valence-corrected chi connectivity index (χ4v) is 1.58. The van der Waals surface area contributed by atoms with Gasteiger partial charge in [0.05, 0.1) is 24.0 Å². The molecule has 0 saturated carbocycles. The molecule has 1 amide bonds. The van der Waals surface area contributed by atoms with E-state index in [0.717, 1.165) is 11.0 Å². The van der Waals surface area contributed by atoms with Crippen molar-refractivity contribution in [3.63, 3.8) is 0 Å². The fourth-order valence-electron chi connectivity index (χ4n) is 1.58. The molecule has 3 N–H and O–H groups in total. The third-order valence-electron chi connectivity index (χ3n) is 2.44. The highest BCUT2D eigenvalue weighted by molar-refractivity contribution is 5.97. The van der Waals surface area contributed by atoms with E-state index in [1.165, 1.54) is 0 Å². The van der Waals surface area contributed by atoms with Gasteiger partial charge in [-0.1, -0.05) is 0 Å². The van der Waals surface area contributed by atoms with Crippen molar-refractivity contribution in [3.05, 3.63) is 30.1 Å². The second-order valence-electron chi connectivity index (χ2n) is 3.84. The molecular formula is C12H13N3O4. The van der Waals surface area contributed by atoms with Crippen LogP contribution in [-0.4, -0.2) is 46.7 Å². The molecule has 0 spiro atoms. The molecule has 1 aromatic heterocycles. The van der Waals surface area contributed by atoms with Gasteiger partial charge in [0.25, 0.3) is 5.91 Å². The number of amides is 1. The smallest absolute Gasteiger partial charge is 0.329 e. The lowest BCUT2D eigenvalue weighted by molar-refractivity contribution is -0.142. The highest BCUT2D eigenvalue weighted by Crippen LogP contribution is 2.11. The molecule has 7 nitrogen and oxygen atoms in total. The average Bonchev–Trinajstić information content (AvgIpc) is 2.84. The Morgan fingerprint density at radius 3 is 3.05 bits per heavy atom. The van der Waals surface area contributed by atoms with Crippen molar-refractivity contribution >= 4 is 22.9 Å². The Hall–Kier alpha value is -2.41. The lowest BCUT2D eigenvalue weighted by Crippen LogP contribution is -2.27. The van der Waals surface area contributed by atoms with Crippen LogP contribution in [-0.2, 0) is 9.53 Å². The van der Waals surface area contributed by atoms with E-state index in [1.54, 1.807) is 24.5 Å². The summed E-state index contributed by atoms with van der Waals surface area (Å²) in [6, 6.07) is 5.13. The van der Waals surface area contributed by atoms with E-state index in [-0.39, 0.29) is 25.7 Å². The van der Waals surface area contributed by atoms with Gasteiger partial charge in [-0.3, -0.25) is 4.79 Å². The maximum absolute atomic E-state index is 11.8. The maximum Gasteiger partial charge on any atom is 0.329 e. The quantitative estimate of drug-likeness (QED) is 0.654. The Labute approximate surface area is 108 Å². The molecule has 0 unspecified atom stereocenters. The third kappa shape index (κ3) is 3.52. The Morgan fingerprint density at radius 1 is 1.42 bits per heavy atom. The zero-order valence-corrected chi connectivity index (χ0v) is 10.0. The number of carbonyl (C=O) groups excluding carboxylic acids is 1. The van der Waals surface area contributed by atoms with Gasteiger partial charge in [0.2, 0.25) is 0 Å². The minimum absolute atomic E-state index is 0.157. The van der Waals surface area contributed by atoms with E-state index in [4.69, 9.17) is 9.84 Å². The molecule has 0 aliphatic carbocycles. The first-order chi connectivity index (χ1) is 9.16. The number of carbonyl (C=O) groups is 2. The first-order valence-corrected chi connectivity index (χ1v) is 5.67. The molecule has 2 rings (SSSR count). The van der Waals surface area contributed by atoms with Crippen LogP contribution in [0.4, 0.5) is 0 Å². The number of carboxylic acids is 1. The Kier molecular flexibility index (Phi) is 4.09. The second kappa shape index (κ2) is 5.96. The molecule has 0 radical (unpaired) electrons. The van der Waals surface area contributed by atoms with Crippen LogP contribution in [0.3, 0.4) is 0 Å². The summed E-state index contributed by atoms with van der Waals surface area (Å²) in [5.74, 6) is -1.27. The van der Waals surface area contributed by atoms with Crippen molar-refractivity contribution in [2.45, 2.75) is 0 Å². The van der Waals surface area contributed by atoms with Gasteiger partial charge in [0.15, 0.2) is 0 Å². The van der Waals surface area contributed by atoms with Crippen LogP contribution in [0.2, 0.25) is 0 Å². The van der Waals surface area contributed by atoms with Crippen molar-refractivity contribution in [2.24, 2.45) is 0 Å². The average molecular weight is 263 g/mol. The van der Waals surface area contributed by atoms with Crippen molar-refractivity contribution < 1.29 is 19.4 Å². The first-order valence-electron chi connectivity index (χ1n) is 5.67. The number of hydrogen-bond acceptors (Lipinski definition) is 4. The van der Waals surface area contributed by atoms with Crippen molar-refractivity contribution in [2.75, 3.05) is 19.8 Å². The number of rotatable bonds is 6. The summed E-state index contributed by atoms with van der Waals surface area (Å²) in [7, 11) is 0. The van der Waals surface area contributed by atoms with Gasteiger partial charge in [-0.25, -0.2) is 9.78 Å². The molecule has 19 heavy (non-hydrogen) atoms. The normalized spacial score (nSPS) is 10.5. The molecular weight excluding hydrogens is 250 g/mol. The molecule has 1 heterocycles. The Balaban J connectivity index is 1.84. The van der Waals surface area contributed by atoms with E-state index in [9.17, 15) is 9.59 Å². The number of hydrogen-bond donors (Lipinski definition) is 3. The van der Waals surface area contributed by atoms with E-state index in [0.29, 0.717) is 5.56 Å². The Bertz CT molecular complexity index is 593. The summed E-state index contributed by atoms with van der Waals surface area (Å²) < 4.78 is 4.81. The summed E-state index contributed by atoms with van der Waals surface area (Å²) in [5, 5.41) is 11.0. The van der Waals surface area contributed by atoms with E-state index < -0.39 is 5.97 Å². The predicted molar refractivity (Wildman–Crippen MR) is 66.9 cm³/mol. The largest absolute Gasteiger partial charge is 0.480 e. The molecule has 0 saturated heterocycles. The SMILES string of the molecule is O=C(O)COCCNC(=O)c1ccc2nc[nH]c2c1. The highest BCUT2D eigenvalue weighted by atomic mass is 16.5. The lowest BCUT2D eigenvalue weighted by Gasteiger charge is -2.05. The first kappa shape index (κ1) is 13.0. The number of aromatic amines is 1. The number of imidazole rings is 1. The molecule has 0 aliphatic heterocycles. The van der Waals surface area contributed by atoms with Gasteiger partial charge in [-0.15, -0.1) is 0 Å². The molecule has 0 atom stereocenters. The number of nitrogens with zero attached hydrogens (tertiary/aromatic N) is 1. The number of benzene rings is 1. The van der Waals surface area contributed by atoms with Crippen LogP contribution in [0.15, 0.2) is 24.5 Å². The molecule has 0 bridgehead atoms.